The molecule has 52 heavy (non-hydrogen) atoms. The molecule has 2 aliphatic rings. The number of nitrogens with zero attached hydrogens (tertiary/aromatic N) is 6. The Bertz CT molecular complexity index is 1910. The number of carbonyl (C=O) groups excluding carboxylic acids is 2. The van der Waals surface area contributed by atoms with Crippen LogP contribution in [0.5, 0.6) is 0 Å². The predicted octanol–water partition coefficient (Wildman–Crippen LogP) is 6.07. The lowest BCUT2D eigenvalue weighted by Crippen LogP contribution is -2.44. The average Bonchev–Trinajstić information content (AvgIpc) is 3.84. The van der Waals surface area contributed by atoms with E-state index in [2.05, 4.69) is 79.5 Å². The van der Waals surface area contributed by atoms with Gasteiger partial charge in [0, 0.05) is 77.5 Å². The van der Waals surface area contributed by atoms with Crippen LogP contribution in [0, 0.1) is 5.92 Å². The molecule has 2 amide bonds. The van der Waals surface area contributed by atoms with Crippen molar-refractivity contribution in [3.63, 3.8) is 0 Å². The first kappa shape index (κ1) is 36.6. The number of rotatable bonds is 12. The molecule has 0 bridgehead atoms. The molecule has 2 saturated heterocycles. The minimum Gasteiger partial charge on any atom is -0.342 e. The molecule has 2 fully saturated rings. The number of anilines is 1. The number of aryl methyl sites for hydroxylation is 1. The molecule has 11 heteroatoms. The quantitative estimate of drug-likeness (QED) is 0.120. The van der Waals surface area contributed by atoms with Crippen molar-refractivity contribution < 1.29 is 19.2 Å². The van der Waals surface area contributed by atoms with Crippen LogP contribution in [0.3, 0.4) is 0 Å². The number of hydrogen-bond acceptors (Lipinski definition) is 7. The number of unbranched alkanes of at least 4 members (excludes halogenated alkanes) is 1. The summed E-state index contributed by atoms with van der Waals surface area (Å²) in [4.78, 5) is 41.8. The number of aromatic nitrogens is 5. The van der Waals surface area contributed by atoms with Crippen LogP contribution in [-0.2, 0) is 16.0 Å². The van der Waals surface area contributed by atoms with Crippen molar-refractivity contribution in [1.82, 2.24) is 30.0 Å². The standard InChI is InChI=1S/C23H30N4O.C18H20N4O2/c1-2-18-8-13-26(16-18)17-22(28)27-14-9-20(10-15-27)19-4-6-21(7-5-19)23-24-11-3-12-25-23;1-3-4-5-15-10-13(8-9-22(15)24-2)18-16-11-14(19-12-23)6-7-17(16)20-21-18/h3-7,11-12,18,20H,2,8-10,13-17H2,1H3;6-12H,3-5H2,1-2H3,(H,19,21,23)/p+1. The molecule has 0 spiro atoms. The van der Waals surface area contributed by atoms with Crippen molar-refractivity contribution in [3.8, 4) is 22.6 Å². The lowest BCUT2D eigenvalue weighted by atomic mass is 9.89. The molecule has 3 aromatic heterocycles. The van der Waals surface area contributed by atoms with Crippen LogP contribution in [-0.4, -0.2) is 82.1 Å². The first-order valence-corrected chi connectivity index (χ1v) is 18.6. The lowest BCUT2D eigenvalue weighted by molar-refractivity contribution is -0.890. The summed E-state index contributed by atoms with van der Waals surface area (Å²) in [6, 6.07) is 20.2. The summed E-state index contributed by atoms with van der Waals surface area (Å²) in [5.41, 5.74) is 7.07. The van der Waals surface area contributed by atoms with E-state index >= 15 is 0 Å². The maximum Gasteiger partial charge on any atom is 0.236 e. The second kappa shape index (κ2) is 17.9. The summed E-state index contributed by atoms with van der Waals surface area (Å²) in [5, 5.41) is 11.1. The highest BCUT2D eigenvalue weighted by atomic mass is 16.6. The van der Waals surface area contributed by atoms with Crippen molar-refractivity contribution in [2.75, 3.05) is 45.2 Å². The Morgan fingerprint density at radius 1 is 1.00 bits per heavy atom. The van der Waals surface area contributed by atoms with E-state index in [9.17, 15) is 9.59 Å². The number of aromatic amines is 1. The molecule has 11 nitrogen and oxygen atoms in total. The van der Waals surface area contributed by atoms with E-state index in [1.54, 1.807) is 24.2 Å². The zero-order chi connectivity index (χ0) is 36.3. The van der Waals surface area contributed by atoms with Gasteiger partial charge in [0.05, 0.1) is 12.1 Å². The molecule has 5 aromatic rings. The van der Waals surface area contributed by atoms with Crippen LogP contribution in [0.25, 0.3) is 33.5 Å². The predicted molar refractivity (Wildman–Crippen MR) is 203 cm³/mol. The molecule has 0 aliphatic carbocycles. The monoisotopic (exact) mass is 703 g/mol. The fourth-order valence-corrected chi connectivity index (χ4v) is 7.29. The second-order valence-corrected chi connectivity index (χ2v) is 13.8. The summed E-state index contributed by atoms with van der Waals surface area (Å²) in [6.45, 7) is 8.95. The number of likely N-dealkylation sites (tertiary alicyclic amines) is 2. The highest BCUT2D eigenvalue weighted by Crippen LogP contribution is 2.31. The van der Waals surface area contributed by atoms with E-state index in [0.29, 0.717) is 24.8 Å². The highest BCUT2D eigenvalue weighted by molar-refractivity contribution is 5.95. The van der Waals surface area contributed by atoms with Crippen LogP contribution in [0.4, 0.5) is 5.69 Å². The number of H-pyrrole nitrogens is 1. The Morgan fingerprint density at radius 3 is 2.48 bits per heavy atom. The smallest absolute Gasteiger partial charge is 0.236 e. The van der Waals surface area contributed by atoms with Crippen molar-refractivity contribution in [1.29, 1.82) is 0 Å². The topological polar surface area (TPSA) is 120 Å². The molecular weight excluding hydrogens is 653 g/mol. The van der Waals surface area contributed by atoms with Gasteiger partial charge in [-0.3, -0.25) is 24.4 Å². The second-order valence-electron chi connectivity index (χ2n) is 13.8. The number of benzene rings is 2. The van der Waals surface area contributed by atoms with E-state index in [0.717, 1.165) is 109 Å². The third-order valence-corrected chi connectivity index (χ3v) is 10.4. The minimum absolute atomic E-state index is 0.312. The lowest BCUT2D eigenvalue weighted by Gasteiger charge is -2.33. The van der Waals surface area contributed by atoms with Gasteiger partial charge in [-0.2, -0.15) is 5.10 Å². The zero-order valence-corrected chi connectivity index (χ0v) is 30.6. The van der Waals surface area contributed by atoms with Crippen molar-refractivity contribution in [3.05, 3.63) is 90.5 Å². The van der Waals surface area contributed by atoms with E-state index in [-0.39, 0.29) is 0 Å². The number of hydrogen-bond donors (Lipinski definition) is 2. The van der Waals surface area contributed by atoms with Crippen molar-refractivity contribution in [2.45, 2.75) is 64.7 Å². The molecule has 2 N–H and O–H groups in total. The largest absolute Gasteiger partial charge is 0.342 e. The van der Waals surface area contributed by atoms with E-state index < -0.39 is 0 Å². The maximum absolute atomic E-state index is 12.7. The molecule has 2 aromatic carbocycles. The van der Waals surface area contributed by atoms with E-state index in [4.69, 9.17) is 4.84 Å². The molecule has 2 aliphatic heterocycles. The molecular formula is C41H51N8O3+. The maximum atomic E-state index is 12.7. The Labute approximate surface area is 306 Å². The van der Waals surface area contributed by atoms with Gasteiger partial charge in [-0.25, -0.2) is 9.97 Å². The fourth-order valence-electron chi connectivity index (χ4n) is 7.29. The number of pyridine rings is 1. The van der Waals surface area contributed by atoms with E-state index in [1.165, 1.54) is 18.4 Å². The number of piperidine rings is 1. The summed E-state index contributed by atoms with van der Waals surface area (Å²) < 4.78 is 1.79. The number of carbonyl (C=O) groups is 2. The molecule has 0 saturated carbocycles. The van der Waals surface area contributed by atoms with Crippen LogP contribution in [0.15, 0.2) is 79.3 Å². The van der Waals surface area contributed by atoms with Gasteiger partial charge in [0.2, 0.25) is 24.2 Å². The molecule has 1 atom stereocenters. The van der Waals surface area contributed by atoms with Gasteiger partial charge in [0.25, 0.3) is 0 Å². The van der Waals surface area contributed by atoms with Crippen LogP contribution in [0.2, 0.25) is 0 Å². The number of fused-ring (bicyclic) bond motifs is 1. The Morgan fingerprint density at radius 2 is 1.79 bits per heavy atom. The molecule has 0 radical (unpaired) electrons. The zero-order valence-electron chi connectivity index (χ0n) is 30.6. The molecule has 5 heterocycles. The van der Waals surface area contributed by atoms with Crippen LogP contribution in [0.1, 0.15) is 69.5 Å². The van der Waals surface area contributed by atoms with Gasteiger partial charge in [-0.1, -0.05) is 51.0 Å². The third kappa shape index (κ3) is 9.00. The molecule has 1 unspecified atom stereocenters. The first-order chi connectivity index (χ1) is 25.5. The Balaban J connectivity index is 0.000000181. The van der Waals surface area contributed by atoms with Gasteiger partial charge in [-0.05, 0) is 73.9 Å². The Hall–Kier alpha value is -5.16. The summed E-state index contributed by atoms with van der Waals surface area (Å²) in [6.07, 6.45) is 13.9. The Kier molecular flexibility index (Phi) is 12.6. The fraction of sp³-hybridized carbons (Fsp3) is 0.415. The van der Waals surface area contributed by atoms with Gasteiger partial charge < -0.3 is 10.2 Å². The first-order valence-electron chi connectivity index (χ1n) is 18.6. The summed E-state index contributed by atoms with van der Waals surface area (Å²) >= 11 is 0. The summed E-state index contributed by atoms with van der Waals surface area (Å²) in [7, 11) is 1.66. The van der Waals surface area contributed by atoms with Gasteiger partial charge in [0.15, 0.2) is 5.82 Å². The van der Waals surface area contributed by atoms with Crippen LogP contribution < -0.4 is 14.9 Å². The van der Waals surface area contributed by atoms with Gasteiger partial charge in [0.1, 0.15) is 12.8 Å². The molecule has 272 valence electrons. The van der Waals surface area contributed by atoms with Gasteiger partial charge >= 0.3 is 0 Å². The SMILES string of the molecule is CCC1CCN(CC(=O)N2CCC(c3ccc(-c4ncccn4)cc3)CC2)C1.CCCCc1cc(-c2n[nH]c3ccc(NC=O)cc23)cc[n+]1OC. The van der Waals surface area contributed by atoms with Crippen molar-refractivity contribution in [2.24, 2.45) is 5.92 Å². The minimum atomic E-state index is 0.312. The third-order valence-electron chi connectivity index (χ3n) is 10.4. The number of nitrogens with one attached hydrogen (secondary N) is 2. The average molecular weight is 704 g/mol. The normalized spacial score (nSPS) is 16.4. The van der Waals surface area contributed by atoms with E-state index in [1.807, 2.05) is 36.5 Å². The summed E-state index contributed by atoms with van der Waals surface area (Å²) in [5.74, 6) is 2.39. The van der Waals surface area contributed by atoms with Crippen LogP contribution >= 0.6 is 0 Å². The molecule has 7 rings (SSSR count). The van der Waals surface area contributed by atoms with Crippen molar-refractivity contribution >= 4 is 28.9 Å². The van der Waals surface area contributed by atoms with Gasteiger partial charge in [-0.15, -0.1) is 0 Å². The number of amides is 2. The highest BCUT2D eigenvalue weighted by Gasteiger charge is 2.28.